The van der Waals surface area contributed by atoms with E-state index in [-0.39, 0.29) is 17.3 Å². The predicted octanol–water partition coefficient (Wildman–Crippen LogP) is 3.14. The summed E-state index contributed by atoms with van der Waals surface area (Å²) in [6, 6.07) is 11.3. The minimum absolute atomic E-state index is 0.0430. The van der Waals surface area contributed by atoms with E-state index in [9.17, 15) is 14.0 Å². The molecule has 0 aliphatic carbocycles. The molecule has 1 aliphatic rings. The van der Waals surface area contributed by atoms with E-state index in [1.54, 1.807) is 39.8 Å². The number of benzene rings is 2. The lowest BCUT2D eigenvalue weighted by Crippen LogP contribution is -2.30. The fourth-order valence-corrected chi connectivity index (χ4v) is 3.58. The monoisotopic (exact) mass is 365 g/mol. The molecule has 27 heavy (non-hydrogen) atoms. The number of aryl methyl sites for hydroxylation is 1. The number of halogens is 1. The van der Waals surface area contributed by atoms with Crippen LogP contribution in [0.5, 0.6) is 0 Å². The number of fused-ring (bicyclic) bond motifs is 2. The second kappa shape index (κ2) is 6.95. The van der Waals surface area contributed by atoms with Gasteiger partial charge in [0, 0.05) is 31.6 Å². The number of hydrogen-bond acceptors (Lipinski definition) is 3. The van der Waals surface area contributed by atoms with Crippen LogP contribution in [0.4, 0.5) is 4.39 Å². The van der Waals surface area contributed by atoms with Crippen molar-refractivity contribution in [2.45, 2.75) is 32.9 Å². The van der Waals surface area contributed by atoms with Gasteiger partial charge in [-0.2, -0.15) is 0 Å². The van der Waals surface area contributed by atoms with Gasteiger partial charge in [-0.05, 0) is 49.2 Å². The maximum atomic E-state index is 13.4. The molecule has 6 heteroatoms. The largest absolute Gasteiger partial charge is 0.335 e. The molecule has 0 N–H and O–H groups in total. The first-order valence-electron chi connectivity index (χ1n) is 9.14. The Morgan fingerprint density at radius 1 is 1.26 bits per heavy atom. The van der Waals surface area contributed by atoms with Crippen LogP contribution in [0.3, 0.4) is 0 Å². The molecular weight excluding hydrogens is 345 g/mol. The minimum Gasteiger partial charge on any atom is -0.335 e. The van der Waals surface area contributed by atoms with E-state index >= 15 is 0 Å². The highest BCUT2D eigenvalue weighted by Crippen LogP contribution is 2.18. The summed E-state index contributed by atoms with van der Waals surface area (Å²) in [6.45, 7) is 3.41. The summed E-state index contributed by atoms with van der Waals surface area (Å²) in [6.07, 6.45) is 1.70. The summed E-state index contributed by atoms with van der Waals surface area (Å²) in [5.74, 6) is 0.301. The van der Waals surface area contributed by atoms with Gasteiger partial charge in [-0.25, -0.2) is 9.37 Å². The fraction of sp³-hybridized carbons (Fsp3) is 0.286. The molecule has 0 spiro atoms. The molecule has 0 fully saturated rings. The molecule has 0 atom stereocenters. The van der Waals surface area contributed by atoms with Crippen LogP contribution in [0, 0.1) is 5.82 Å². The van der Waals surface area contributed by atoms with Gasteiger partial charge in [0.2, 0.25) is 0 Å². The Kier molecular flexibility index (Phi) is 4.48. The van der Waals surface area contributed by atoms with Crippen molar-refractivity contribution in [2.24, 2.45) is 0 Å². The van der Waals surface area contributed by atoms with Gasteiger partial charge in [0.15, 0.2) is 0 Å². The third kappa shape index (κ3) is 3.23. The molecule has 0 radical (unpaired) electrons. The van der Waals surface area contributed by atoms with Crippen molar-refractivity contribution >= 4 is 16.8 Å². The number of hydrogen-bond donors (Lipinski definition) is 0. The van der Waals surface area contributed by atoms with Crippen molar-refractivity contribution in [3.8, 4) is 0 Å². The summed E-state index contributed by atoms with van der Waals surface area (Å²) in [7, 11) is 0. The molecule has 138 valence electrons. The van der Waals surface area contributed by atoms with Crippen molar-refractivity contribution < 1.29 is 9.18 Å². The van der Waals surface area contributed by atoms with Gasteiger partial charge in [-0.15, -0.1) is 0 Å². The average molecular weight is 365 g/mol. The van der Waals surface area contributed by atoms with Crippen molar-refractivity contribution in [1.29, 1.82) is 0 Å². The number of carbonyl (C=O) groups excluding carboxylic acids is 1. The lowest BCUT2D eigenvalue weighted by atomic mass is 10.1. The second-order valence-electron chi connectivity index (χ2n) is 6.77. The van der Waals surface area contributed by atoms with Crippen molar-refractivity contribution in [2.75, 3.05) is 6.54 Å². The fourth-order valence-electron chi connectivity index (χ4n) is 3.58. The molecule has 1 amide bonds. The lowest BCUT2D eigenvalue weighted by molar-refractivity contribution is 0.0752. The number of amides is 1. The summed E-state index contributed by atoms with van der Waals surface area (Å²) < 4.78 is 15.1. The van der Waals surface area contributed by atoms with E-state index in [0.717, 1.165) is 24.2 Å². The number of rotatable bonds is 4. The highest BCUT2D eigenvalue weighted by atomic mass is 19.1. The molecule has 1 aromatic heterocycles. The molecule has 2 heterocycles. The number of carbonyl (C=O) groups is 1. The van der Waals surface area contributed by atoms with Gasteiger partial charge in [-0.1, -0.05) is 12.1 Å². The summed E-state index contributed by atoms with van der Waals surface area (Å²) in [5, 5.41) is 0.533. The molecule has 2 aromatic carbocycles. The van der Waals surface area contributed by atoms with Crippen LogP contribution in [0.2, 0.25) is 0 Å². The first-order chi connectivity index (χ1) is 13.1. The topological polar surface area (TPSA) is 55.2 Å². The zero-order valence-corrected chi connectivity index (χ0v) is 15.1. The van der Waals surface area contributed by atoms with Gasteiger partial charge < -0.3 is 4.90 Å². The van der Waals surface area contributed by atoms with Gasteiger partial charge in [-0.3, -0.25) is 14.2 Å². The van der Waals surface area contributed by atoms with Gasteiger partial charge in [0.1, 0.15) is 11.6 Å². The molecular formula is C21H20FN3O2. The highest BCUT2D eigenvalue weighted by molar-refractivity contribution is 5.97. The molecule has 4 rings (SSSR count). The normalized spacial score (nSPS) is 13.0. The smallest absolute Gasteiger partial charge is 0.261 e. The Morgan fingerprint density at radius 2 is 2.11 bits per heavy atom. The molecule has 0 saturated carbocycles. The average Bonchev–Trinajstić information content (AvgIpc) is 3.14. The molecule has 1 aliphatic heterocycles. The van der Waals surface area contributed by atoms with Gasteiger partial charge >= 0.3 is 0 Å². The van der Waals surface area contributed by atoms with Crippen LogP contribution in [0.15, 0.2) is 47.3 Å². The van der Waals surface area contributed by atoms with E-state index in [4.69, 9.17) is 0 Å². The van der Waals surface area contributed by atoms with Crippen LogP contribution in [-0.4, -0.2) is 26.9 Å². The Balaban J connectivity index is 1.67. The minimum atomic E-state index is -0.319. The van der Waals surface area contributed by atoms with E-state index in [0.29, 0.717) is 36.1 Å². The zero-order chi connectivity index (χ0) is 19.0. The lowest BCUT2D eigenvalue weighted by Gasteiger charge is -2.21. The standard InChI is InChI=1S/C21H20FN3O2/c1-2-24(13-14-5-3-6-16(22)11-14)20(26)15-8-9-17-18(12-15)23-19-7-4-10-25(19)21(17)27/h3,5-6,8-9,11-12H,2,4,7,10,13H2,1H3. The summed E-state index contributed by atoms with van der Waals surface area (Å²) >= 11 is 0. The van der Waals surface area contributed by atoms with Gasteiger partial charge in [0.05, 0.1) is 10.9 Å². The van der Waals surface area contributed by atoms with E-state index < -0.39 is 0 Å². The molecule has 0 saturated heterocycles. The van der Waals surface area contributed by atoms with E-state index in [1.807, 2.05) is 6.92 Å². The molecule has 0 bridgehead atoms. The Hall–Kier alpha value is -3.02. The van der Waals surface area contributed by atoms with E-state index in [1.165, 1.54) is 12.1 Å². The summed E-state index contributed by atoms with van der Waals surface area (Å²) in [4.78, 5) is 31.7. The SMILES string of the molecule is CCN(Cc1cccc(F)c1)C(=O)c1ccc2c(=O)n3c(nc2c1)CCC3. The maximum absolute atomic E-state index is 13.4. The van der Waals surface area contributed by atoms with Crippen molar-refractivity contribution in [1.82, 2.24) is 14.5 Å². The van der Waals surface area contributed by atoms with Gasteiger partial charge in [0.25, 0.3) is 11.5 Å². The molecule has 3 aromatic rings. The predicted molar refractivity (Wildman–Crippen MR) is 101 cm³/mol. The third-order valence-electron chi connectivity index (χ3n) is 4.99. The van der Waals surface area contributed by atoms with Crippen LogP contribution < -0.4 is 5.56 Å². The molecule has 5 nitrogen and oxygen atoms in total. The number of nitrogens with zero attached hydrogens (tertiary/aromatic N) is 3. The zero-order valence-electron chi connectivity index (χ0n) is 15.1. The Labute approximate surface area is 156 Å². The maximum Gasteiger partial charge on any atom is 0.261 e. The van der Waals surface area contributed by atoms with Crippen LogP contribution in [-0.2, 0) is 19.5 Å². The molecule has 0 unspecified atom stereocenters. The van der Waals surface area contributed by atoms with Crippen LogP contribution in [0.25, 0.3) is 10.9 Å². The quantitative estimate of drug-likeness (QED) is 0.714. The third-order valence-corrected chi connectivity index (χ3v) is 4.99. The Morgan fingerprint density at radius 3 is 2.89 bits per heavy atom. The Bertz CT molecular complexity index is 1090. The highest BCUT2D eigenvalue weighted by Gasteiger charge is 2.19. The second-order valence-corrected chi connectivity index (χ2v) is 6.77. The van der Waals surface area contributed by atoms with Crippen molar-refractivity contribution in [3.63, 3.8) is 0 Å². The van der Waals surface area contributed by atoms with Crippen molar-refractivity contribution in [3.05, 3.63) is 75.6 Å². The first-order valence-corrected chi connectivity index (χ1v) is 9.14. The first kappa shape index (κ1) is 17.4. The van der Waals surface area contributed by atoms with Crippen LogP contribution in [0.1, 0.15) is 35.1 Å². The van der Waals surface area contributed by atoms with E-state index in [2.05, 4.69) is 4.98 Å². The van der Waals surface area contributed by atoms with Crippen LogP contribution >= 0.6 is 0 Å². The summed E-state index contributed by atoms with van der Waals surface area (Å²) in [5.41, 5.74) is 1.73. The number of aromatic nitrogens is 2.